The molecule has 4 aliphatic carbocycles. The summed E-state index contributed by atoms with van der Waals surface area (Å²) >= 11 is 0. The molecule has 12 aromatic heterocycles. The molecule has 4 fully saturated rings. The van der Waals surface area contributed by atoms with Gasteiger partial charge in [-0.1, -0.05) is 27.7 Å². The summed E-state index contributed by atoms with van der Waals surface area (Å²) in [4.78, 5) is 102. The van der Waals surface area contributed by atoms with Crippen molar-refractivity contribution >= 4 is 113 Å². The Morgan fingerprint density at radius 2 is 0.545 bits per heavy atom. The molecular formula is C84H80N24O4. The van der Waals surface area contributed by atoms with Gasteiger partial charge in [-0.15, -0.1) is 0 Å². The maximum absolute atomic E-state index is 12.5. The number of rotatable bonds is 16. The van der Waals surface area contributed by atoms with E-state index in [9.17, 15) is 19.2 Å². The number of nitriles is 4. The number of carbonyl (C=O) groups is 4. The number of aryl methyl sites for hydroxylation is 4. The summed E-state index contributed by atoms with van der Waals surface area (Å²) in [5.74, 6) is 3.89. The fourth-order valence-corrected chi connectivity index (χ4v) is 14.9. The van der Waals surface area contributed by atoms with Crippen LogP contribution < -0.4 is 44.2 Å². The van der Waals surface area contributed by atoms with E-state index in [0.29, 0.717) is 72.2 Å². The monoisotopic (exact) mass is 1490 g/mol. The predicted molar refractivity (Wildman–Crippen MR) is 428 cm³/mol. The molecule has 560 valence electrons. The quantitative estimate of drug-likeness (QED) is 0.0445. The first-order chi connectivity index (χ1) is 54.0. The van der Waals surface area contributed by atoms with E-state index in [4.69, 9.17) is 44.0 Å². The Balaban J connectivity index is 0.000000131. The van der Waals surface area contributed by atoms with Crippen molar-refractivity contribution in [2.75, 3.05) is 44.2 Å². The Bertz CT molecular complexity index is 5190. The Morgan fingerprint density at radius 1 is 0.339 bits per heavy atom. The van der Waals surface area contributed by atoms with Crippen molar-refractivity contribution in [1.82, 2.24) is 59.8 Å². The highest BCUT2D eigenvalue weighted by Crippen LogP contribution is 2.52. The van der Waals surface area contributed by atoms with E-state index in [1.54, 1.807) is 98.6 Å². The number of pyridine rings is 12. The van der Waals surface area contributed by atoms with Gasteiger partial charge in [0.1, 0.15) is 46.5 Å². The molecule has 0 saturated heterocycles. The molecular weight excluding hydrogens is 1410 g/mol. The van der Waals surface area contributed by atoms with Gasteiger partial charge in [-0.25, -0.2) is 39.9 Å². The van der Waals surface area contributed by atoms with E-state index in [0.717, 1.165) is 110 Å². The third-order valence-corrected chi connectivity index (χ3v) is 22.0. The summed E-state index contributed by atoms with van der Waals surface area (Å²) in [5.41, 5.74) is 35.3. The lowest BCUT2D eigenvalue weighted by atomic mass is 10.1. The summed E-state index contributed by atoms with van der Waals surface area (Å²) in [5, 5.41) is 53.2. The average Bonchev–Trinajstić information content (AvgIpc) is 1.34. The number of hydrogen-bond donors (Lipinski definition) is 8. The van der Waals surface area contributed by atoms with Crippen LogP contribution in [0.25, 0.3) is 88.1 Å². The zero-order valence-electron chi connectivity index (χ0n) is 62.7. The lowest BCUT2D eigenvalue weighted by molar-refractivity contribution is -0.118. The molecule has 12 N–H and O–H groups in total. The topological polar surface area (TPSA) is 470 Å². The predicted octanol–water partition coefficient (Wildman–Crippen LogP) is 13.3. The van der Waals surface area contributed by atoms with Crippen LogP contribution in [0.5, 0.6) is 0 Å². The molecule has 0 aliphatic heterocycles. The fourth-order valence-electron chi connectivity index (χ4n) is 14.9. The Kier molecular flexibility index (Phi) is 22.0. The van der Waals surface area contributed by atoms with Crippen LogP contribution in [-0.2, 0) is 19.2 Å². The molecule has 12 atom stereocenters. The van der Waals surface area contributed by atoms with E-state index >= 15 is 0 Å². The number of hydrogen-bond acceptors (Lipinski definition) is 24. The first-order valence-electron chi connectivity index (χ1n) is 36.6. The van der Waals surface area contributed by atoms with Gasteiger partial charge in [-0.05, 0) is 192 Å². The van der Waals surface area contributed by atoms with Crippen LogP contribution >= 0.6 is 0 Å². The largest absolute Gasteiger partial charge is 0.383 e. The van der Waals surface area contributed by atoms with Gasteiger partial charge in [0.25, 0.3) is 0 Å². The minimum atomic E-state index is -0.131. The van der Waals surface area contributed by atoms with Crippen LogP contribution in [0.3, 0.4) is 0 Å². The minimum Gasteiger partial charge on any atom is -0.383 e. The number of nitrogens with one attached hydrogen (secondary N) is 4. The highest BCUT2D eigenvalue weighted by molar-refractivity contribution is 6.03. The molecule has 4 aliphatic rings. The van der Waals surface area contributed by atoms with Gasteiger partial charge >= 0.3 is 0 Å². The molecule has 16 rings (SSSR count). The number of nitrogen functional groups attached to an aromatic ring is 4. The van der Waals surface area contributed by atoms with Crippen molar-refractivity contribution in [3.05, 3.63) is 169 Å². The number of nitrogens with two attached hydrogens (primary N) is 4. The second-order valence-electron chi connectivity index (χ2n) is 29.1. The zero-order valence-corrected chi connectivity index (χ0v) is 62.7. The van der Waals surface area contributed by atoms with Gasteiger partial charge in [-0.3, -0.25) is 39.1 Å². The average molecular weight is 1490 g/mol. The van der Waals surface area contributed by atoms with Crippen LogP contribution in [-0.4, -0.2) is 83.4 Å². The molecule has 112 heavy (non-hydrogen) atoms. The minimum absolute atomic E-state index is 0.0926. The number of carbonyl (C=O) groups excluding carboxylic acids is 4. The first kappa shape index (κ1) is 76.1. The smallest absolute Gasteiger partial charge is 0.229 e. The molecule has 0 radical (unpaired) electrons. The van der Waals surface area contributed by atoms with Crippen LogP contribution in [0.4, 0.5) is 46.5 Å². The second kappa shape index (κ2) is 32.4. The summed E-state index contributed by atoms with van der Waals surface area (Å²) in [7, 11) is 0. The number of amides is 4. The second-order valence-corrected chi connectivity index (χ2v) is 29.1. The number of aromatic nitrogens is 12. The summed E-state index contributed by atoms with van der Waals surface area (Å²) in [6.07, 6.45) is 22.1. The SMILES string of the molecule is Cc1ccncc1-c1cc2cc(NC(=O)[C@@H]3[C@@H](C)[C@H]3CC#N)ncc2c(N)n1.Cc1ccncc1-c1cc2cc(NC(=O)[C@@H]3[C@H](C)[C@H]3CC#N)ncc2c(N)n1.Cc1ccncc1-c1cc2cc(NC(=O)[C@H]3[C@@H](C)[C@@H]3CC#N)ncc2c(N)n1.Cc1ccncc1-c1cc2cc(NC(=O)[C@H]3[C@H](C)[C@@H]3CC#N)ncc2c(N)n1. The van der Waals surface area contributed by atoms with Gasteiger partial charge in [0.2, 0.25) is 23.6 Å². The van der Waals surface area contributed by atoms with Gasteiger partial charge < -0.3 is 44.2 Å². The Morgan fingerprint density at radius 3 is 0.732 bits per heavy atom. The molecule has 0 aromatic carbocycles. The van der Waals surface area contributed by atoms with Crippen LogP contribution in [0.2, 0.25) is 0 Å². The molecule has 28 heteroatoms. The van der Waals surface area contributed by atoms with Crippen molar-refractivity contribution in [2.24, 2.45) is 71.0 Å². The van der Waals surface area contributed by atoms with Crippen molar-refractivity contribution in [1.29, 1.82) is 21.0 Å². The molecule has 0 spiro atoms. The normalized spacial score (nSPS) is 20.5. The fraction of sp³-hybridized carbons (Fsp3) is 0.286. The van der Waals surface area contributed by atoms with Crippen LogP contribution in [0, 0.1) is 144 Å². The van der Waals surface area contributed by atoms with E-state index < -0.39 is 0 Å². The third-order valence-electron chi connectivity index (χ3n) is 22.0. The number of anilines is 8. The lowest BCUT2D eigenvalue weighted by Crippen LogP contribution is -2.16. The molecule has 12 aromatic rings. The third kappa shape index (κ3) is 16.3. The summed E-state index contributed by atoms with van der Waals surface area (Å²) < 4.78 is 0. The van der Waals surface area contributed by atoms with E-state index in [1.807, 2.05) is 104 Å². The highest BCUT2D eigenvalue weighted by Gasteiger charge is 2.54. The van der Waals surface area contributed by atoms with Gasteiger partial charge in [0.05, 0.1) is 47.1 Å². The van der Waals surface area contributed by atoms with E-state index in [-0.39, 0.29) is 94.6 Å². The summed E-state index contributed by atoms with van der Waals surface area (Å²) in [6, 6.07) is 31.1. The zero-order chi connectivity index (χ0) is 79.3. The van der Waals surface area contributed by atoms with Gasteiger partial charge in [0.15, 0.2) is 0 Å². The first-order valence-corrected chi connectivity index (χ1v) is 36.6. The number of nitrogens with zero attached hydrogens (tertiary/aromatic N) is 16. The molecule has 0 unspecified atom stereocenters. The maximum atomic E-state index is 12.5. The summed E-state index contributed by atoms with van der Waals surface area (Å²) in [6.45, 7) is 15.9. The van der Waals surface area contributed by atoms with Crippen molar-refractivity contribution < 1.29 is 19.2 Å². The highest BCUT2D eigenvalue weighted by atomic mass is 16.2. The lowest BCUT2D eigenvalue weighted by Gasteiger charge is -2.10. The number of fused-ring (bicyclic) bond motifs is 4. The molecule has 4 saturated carbocycles. The Labute approximate surface area is 645 Å². The van der Waals surface area contributed by atoms with E-state index in [1.165, 1.54) is 0 Å². The Hall–Kier alpha value is -14.1. The van der Waals surface area contributed by atoms with Crippen molar-refractivity contribution in [3.8, 4) is 69.3 Å². The van der Waals surface area contributed by atoms with E-state index in [2.05, 4.69) is 105 Å². The molecule has 0 bridgehead atoms. The molecule has 4 amide bonds. The molecule has 28 nitrogen and oxygen atoms in total. The van der Waals surface area contributed by atoms with Crippen LogP contribution in [0.15, 0.2) is 147 Å². The molecule has 12 heterocycles. The van der Waals surface area contributed by atoms with Crippen molar-refractivity contribution in [2.45, 2.75) is 81.1 Å². The van der Waals surface area contributed by atoms with Crippen LogP contribution in [0.1, 0.15) is 75.6 Å². The van der Waals surface area contributed by atoms with Gasteiger partial charge in [-0.2, -0.15) is 21.0 Å². The maximum Gasteiger partial charge on any atom is 0.229 e. The van der Waals surface area contributed by atoms with Gasteiger partial charge in [0, 0.05) is 168 Å². The van der Waals surface area contributed by atoms with Crippen molar-refractivity contribution in [3.63, 3.8) is 0 Å². The standard InChI is InChI=1S/4C21H20N6O/c4*1-11-4-6-24-9-15(11)17-7-13-8-18(25-10-16(13)20(23)26-17)27-21(28)19-12(2)14(19)3-5-22/h4*4,6-10,12,14,19H,3H2,1-2H3,(H2,23,26)(H,25,27,28)/t2*12-,14+,19+;2*12-,14-,19-/m1010/s1.